The van der Waals surface area contributed by atoms with E-state index >= 15 is 0 Å². The third-order valence-electron chi connectivity index (χ3n) is 3.45. The Kier molecular flexibility index (Phi) is 5.12. The van der Waals surface area contributed by atoms with Gasteiger partial charge in [0.15, 0.2) is 0 Å². The van der Waals surface area contributed by atoms with E-state index in [-0.39, 0.29) is 5.91 Å². The molecule has 19 heavy (non-hydrogen) atoms. The fourth-order valence-corrected chi connectivity index (χ4v) is 2.00. The number of carbonyl (C=O) groups is 1. The van der Waals surface area contributed by atoms with Crippen molar-refractivity contribution < 1.29 is 9.90 Å². The zero-order chi connectivity index (χ0) is 14.6. The summed E-state index contributed by atoms with van der Waals surface area (Å²) >= 11 is 0. The lowest BCUT2D eigenvalue weighted by Gasteiger charge is -2.25. The van der Waals surface area contributed by atoms with Crippen LogP contribution in [0.4, 0.5) is 0 Å². The number of hydrogen-bond donors (Lipinski definition) is 1. The van der Waals surface area contributed by atoms with Gasteiger partial charge < -0.3 is 10.0 Å². The SMILES string of the molecule is CCC(C)c1ccc(CN(C)C(=O)C(C)(C)O)cc1. The minimum atomic E-state index is -1.31. The molecule has 0 bridgehead atoms. The number of hydrogen-bond acceptors (Lipinski definition) is 2. The van der Waals surface area contributed by atoms with E-state index in [0.29, 0.717) is 12.5 Å². The third kappa shape index (κ3) is 4.35. The normalized spacial score (nSPS) is 13.2. The fraction of sp³-hybridized carbons (Fsp3) is 0.562. The Bertz CT molecular complexity index is 417. The Morgan fingerprint density at radius 2 is 1.84 bits per heavy atom. The van der Waals surface area contributed by atoms with Crippen molar-refractivity contribution >= 4 is 5.91 Å². The highest BCUT2D eigenvalue weighted by Crippen LogP contribution is 2.19. The van der Waals surface area contributed by atoms with Crippen molar-refractivity contribution in [2.24, 2.45) is 0 Å². The molecule has 0 saturated heterocycles. The fourth-order valence-electron chi connectivity index (χ4n) is 2.00. The summed E-state index contributed by atoms with van der Waals surface area (Å²) in [5.74, 6) is 0.295. The van der Waals surface area contributed by atoms with Gasteiger partial charge in [-0.1, -0.05) is 38.1 Å². The van der Waals surface area contributed by atoms with E-state index in [4.69, 9.17) is 0 Å². The molecular formula is C16H25NO2. The van der Waals surface area contributed by atoms with E-state index in [0.717, 1.165) is 12.0 Å². The van der Waals surface area contributed by atoms with Gasteiger partial charge in [0.1, 0.15) is 5.60 Å². The van der Waals surface area contributed by atoms with Crippen LogP contribution in [0.1, 0.15) is 51.2 Å². The summed E-state index contributed by atoms with van der Waals surface area (Å²) in [5, 5.41) is 9.69. The van der Waals surface area contributed by atoms with Gasteiger partial charge in [-0.25, -0.2) is 0 Å². The minimum Gasteiger partial charge on any atom is -0.381 e. The first-order valence-corrected chi connectivity index (χ1v) is 6.82. The Morgan fingerprint density at radius 3 is 2.26 bits per heavy atom. The number of amides is 1. The molecule has 1 atom stereocenters. The molecule has 1 amide bonds. The first-order chi connectivity index (χ1) is 8.75. The summed E-state index contributed by atoms with van der Waals surface area (Å²) in [6.45, 7) is 7.92. The van der Waals surface area contributed by atoms with Crippen LogP contribution in [0.15, 0.2) is 24.3 Å². The molecule has 0 aliphatic carbocycles. The molecule has 1 aromatic rings. The number of benzene rings is 1. The van der Waals surface area contributed by atoms with Gasteiger partial charge in [-0.15, -0.1) is 0 Å². The van der Waals surface area contributed by atoms with Gasteiger partial charge in [0, 0.05) is 13.6 Å². The maximum absolute atomic E-state index is 11.9. The van der Waals surface area contributed by atoms with Gasteiger partial charge >= 0.3 is 0 Å². The molecule has 0 heterocycles. The predicted molar refractivity (Wildman–Crippen MR) is 77.9 cm³/mol. The van der Waals surface area contributed by atoms with Gasteiger partial charge in [0.25, 0.3) is 5.91 Å². The van der Waals surface area contributed by atoms with Crippen LogP contribution in [0.25, 0.3) is 0 Å². The van der Waals surface area contributed by atoms with Crippen LogP contribution in [0.5, 0.6) is 0 Å². The molecule has 1 aromatic carbocycles. The van der Waals surface area contributed by atoms with Crippen LogP contribution < -0.4 is 0 Å². The first-order valence-electron chi connectivity index (χ1n) is 6.82. The standard InChI is InChI=1S/C16H25NO2/c1-6-12(2)14-9-7-13(8-10-14)11-17(5)15(18)16(3,4)19/h7-10,12,19H,6,11H2,1-5H3. The average molecular weight is 263 g/mol. The van der Waals surface area contributed by atoms with Gasteiger partial charge in [-0.3, -0.25) is 4.79 Å². The first kappa shape index (κ1) is 15.7. The molecular weight excluding hydrogens is 238 g/mol. The second kappa shape index (κ2) is 6.20. The smallest absolute Gasteiger partial charge is 0.253 e. The topological polar surface area (TPSA) is 40.5 Å². The third-order valence-corrected chi connectivity index (χ3v) is 3.45. The monoisotopic (exact) mass is 263 g/mol. The Labute approximate surface area is 116 Å². The van der Waals surface area contributed by atoms with Crippen molar-refractivity contribution in [3.05, 3.63) is 35.4 Å². The van der Waals surface area contributed by atoms with Gasteiger partial charge in [0.2, 0.25) is 0 Å². The molecule has 1 rings (SSSR count). The quantitative estimate of drug-likeness (QED) is 0.887. The van der Waals surface area contributed by atoms with Crippen molar-refractivity contribution in [2.45, 2.75) is 52.2 Å². The molecule has 0 saturated carbocycles. The molecule has 0 aliphatic rings. The summed E-state index contributed by atoms with van der Waals surface area (Å²) in [5.41, 5.74) is 1.08. The molecule has 0 aliphatic heterocycles. The van der Waals surface area contributed by atoms with Crippen LogP contribution in [0.2, 0.25) is 0 Å². The van der Waals surface area contributed by atoms with Crippen LogP contribution in [0.3, 0.4) is 0 Å². The van der Waals surface area contributed by atoms with Crippen molar-refractivity contribution in [2.75, 3.05) is 7.05 Å². The number of likely N-dealkylation sites (N-methyl/N-ethyl adjacent to an activating group) is 1. The van der Waals surface area contributed by atoms with Gasteiger partial charge in [-0.05, 0) is 37.3 Å². The number of aliphatic hydroxyl groups is 1. The largest absolute Gasteiger partial charge is 0.381 e. The maximum Gasteiger partial charge on any atom is 0.253 e. The van der Waals surface area contributed by atoms with Crippen molar-refractivity contribution in [3.8, 4) is 0 Å². The highest BCUT2D eigenvalue weighted by Gasteiger charge is 2.27. The second-order valence-electron chi connectivity index (χ2n) is 5.77. The summed E-state index contributed by atoms with van der Waals surface area (Å²) < 4.78 is 0. The predicted octanol–water partition coefficient (Wildman–Crippen LogP) is 2.93. The summed E-state index contributed by atoms with van der Waals surface area (Å²) in [6, 6.07) is 8.34. The molecule has 1 unspecified atom stereocenters. The number of carbonyl (C=O) groups excluding carboxylic acids is 1. The van der Waals surface area contributed by atoms with Crippen LogP contribution >= 0.6 is 0 Å². The van der Waals surface area contributed by atoms with Gasteiger partial charge in [-0.2, -0.15) is 0 Å². The molecule has 0 spiro atoms. The highest BCUT2D eigenvalue weighted by molar-refractivity contribution is 5.83. The summed E-state index contributed by atoms with van der Waals surface area (Å²) in [7, 11) is 1.71. The Hall–Kier alpha value is -1.35. The lowest BCUT2D eigenvalue weighted by Crippen LogP contribution is -2.42. The van der Waals surface area contributed by atoms with E-state index < -0.39 is 5.60 Å². The van der Waals surface area contributed by atoms with Crippen LogP contribution in [-0.2, 0) is 11.3 Å². The molecule has 0 aromatic heterocycles. The Morgan fingerprint density at radius 1 is 1.32 bits per heavy atom. The van der Waals surface area contributed by atoms with E-state index in [1.165, 1.54) is 19.4 Å². The van der Waals surface area contributed by atoms with E-state index in [1.54, 1.807) is 11.9 Å². The number of rotatable bonds is 5. The van der Waals surface area contributed by atoms with Gasteiger partial charge in [0.05, 0.1) is 0 Å². The zero-order valence-electron chi connectivity index (χ0n) is 12.6. The Balaban J connectivity index is 2.71. The molecule has 3 nitrogen and oxygen atoms in total. The molecule has 0 radical (unpaired) electrons. The molecule has 106 valence electrons. The molecule has 1 N–H and O–H groups in total. The molecule has 0 fully saturated rings. The number of nitrogens with zero attached hydrogens (tertiary/aromatic N) is 1. The summed E-state index contributed by atoms with van der Waals surface area (Å²) in [4.78, 5) is 13.4. The average Bonchev–Trinajstić information content (AvgIpc) is 2.36. The van der Waals surface area contributed by atoms with Crippen molar-refractivity contribution in [1.29, 1.82) is 0 Å². The van der Waals surface area contributed by atoms with Crippen molar-refractivity contribution in [3.63, 3.8) is 0 Å². The lowest BCUT2D eigenvalue weighted by molar-refractivity contribution is -0.146. The second-order valence-corrected chi connectivity index (χ2v) is 5.77. The van der Waals surface area contributed by atoms with Crippen LogP contribution in [0, 0.1) is 0 Å². The van der Waals surface area contributed by atoms with E-state index in [1.807, 2.05) is 0 Å². The zero-order valence-corrected chi connectivity index (χ0v) is 12.6. The molecule has 3 heteroatoms. The maximum atomic E-state index is 11.9. The van der Waals surface area contributed by atoms with E-state index in [9.17, 15) is 9.90 Å². The highest BCUT2D eigenvalue weighted by atomic mass is 16.3. The van der Waals surface area contributed by atoms with Crippen molar-refractivity contribution in [1.82, 2.24) is 4.90 Å². The van der Waals surface area contributed by atoms with E-state index in [2.05, 4.69) is 38.1 Å². The summed E-state index contributed by atoms with van der Waals surface area (Å²) in [6.07, 6.45) is 1.12. The van der Waals surface area contributed by atoms with Crippen LogP contribution in [-0.4, -0.2) is 28.6 Å². The lowest BCUT2D eigenvalue weighted by atomic mass is 9.97. The minimum absolute atomic E-state index is 0.265.